The van der Waals surface area contributed by atoms with Crippen LogP contribution >= 0.6 is 12.4 Å². The van der Waals surface area contributed by atoms with Crippen LogP contribution in [0.5, 0.6) is 0 Å². The van der Waals surface area contributed by atoms with Crippen molar-refractivity contribution in [1.82, 2.24) is 9.47 Å². The minimum atomic E-state index is 0. The standard InChI is InChI=1S/C20H24N2.ClH/c1-3-21(4-2)15-18-16-22(14-17-10-6-5-7-11-17)20-13-9-8-12-19(18)20;/h5-13,16H,3-4,14-15H2,1-2H3;1H. The van der Waals surface area contributed by atoms with E-state index < -0.39 is 0 Å². The molecule has 0 N–H and O–H groups in total. The van der Waals surface area contributed by atoms with Crippen LogP contribution in [0.1, 0.15) is 25.0 Å². The number of fused-ring (bicyclic) bond motifs is 1. The van der Waals surface area contributed by atoms with Gasteiger partial charge >= 0.3 is 0 Å². The molecule has 0 aliphatic carbocycles. The van der Waals surface area contributed by atoms with E-state index in [1.807, 2.05) is 0 Å². The van der Waals surface area contributed by atoms with Gasteiger partial charge in [-0.1, -0.05) is 62.4 Å². The summed E-state index contributed by atoms with van der Waals surface area (Å²) in [5.41, 5.74) is 4.10. The van der Waals surface area contributed by atoms with Crippen LogP contribution in [-0.4, -0.2) is 22.6 Å². The summed E-state index contributed by atoms with van der Waals surface area (Å²) in [5, 5.41) is 1.38. The molecule has 0 atom stereocenters. The second-order valence-corrected chi connectivity index (χ2v) is 5.75. The molecule has 3 heteroatoms. The summed E-state index contributed by atoms with van der Waals surface area (Å²) in [6, 6.07) is 19.4. The number of benzene rings is 2. The highest BCUT2D eigenvalue weighted by Crippen LogP contribution is 2.23. The van der Waals surface area contributed by atoms with E-state index in [0.717, 1.165) is 26.2 Å². The number of hydrogen-bond acceptors (Lipinski definition) is 1. The number of rotatable bonds is 6. The molecule has 23 heavy (non-hydrogen) atoms. The van der Waals surface area contributed by atoms with Crippen LogP contribution in [-0.2, 0) is 13.1 Å². The Balaban J connectivity index is 0.00000192. The molecule has 0 radical (unpaired) electrons. The van der Waals surface area contributed by atoms with Crippen molar-refractivity contribution in [3.05, 3.63) is 71.9 Å². The summed E-state index contributed by atoms with van der Waals surface area (Å²) in [7, 11) is 0. The SMILES string of the molecule is CCN(CC)Cc1cn(Cc2ccccc2)c2ccccc12.Cl. The van der Waals surface area contributed by atoms with Gasteiger partial charge in [-0.2, -0.15) is 0 Å². The number of aromatic nitrogens is 1. The van der Waals surface area contributed by atoms with Crippen molar-refractivity contribution in [2.45, 2.75) is 26.9 Å². The van der Waals surface area contributed by atoms with E-state index in [9.17, 15) is 0 Å². The van der Waals surface area contributed by atoms with Gasteiger partial charge < -0.3 is 4.57 Å². The fourth-order valence-electron chi connectivity index (χ4n) is 3.05. The quantitative estimate of drug-likeness (QED) is 0.621. The first kappa shape index (κ1) is 17.6. The molecule has 0 saturated carbocycles. The van der Waals surface area contributed by atoms with Gasteiger partial charge in [0.1, 0.15) is 0 Å². The summed E-state index contributed by atoms with van der Waals surface area (Å²) in [5.74, 6) is 0. The topological polar surface area (TPSA) is 8.17 Å². The van der Waals surface area contributed by atoms with Gasteiger partial charge in [0.2, 0.25) is 0 Å². The first-order chi connectivity index (χ1) is 10.8. The second-order valence-electron chi connectivity index (χ2n) is 5.75. The second kappa shape index (κ2) is 8.19. The highest BCUT2D eigenvalue weighted by Gasteiger charge is 2.10. The van der Waals surface area contributed by atoms with E-state index in [0.29, 0.717) is 0 Å². The lowest BCUT2D eigenvalue weighted by molar-refractivity contribution is 0.296. The zero-order valence-corrected chi connectivity index (χ0v) is 14.7. The van der Waals surface area contributed by atoms with Crippen molar-refractivity contribution >= 4 is 23.3 Å². The number of hydrogen-bond donors (Lipinski definition) is 0. The smallest absolute Gasteiger partial charge is 0.0486 e. The van der Waals surface area contributed by atoms with Gasteiger partial charge in [-0.15, -0.1) is 12.4 Å². The van der Waals surface area contributed by atoms with Gasteiger partial charge in [0.15, 0.2) is 0 Å². The predicted molar refractivity (Wildman–Crippen MR) is 101 cm³/mol. The van der Waals surface area contributed by atoms with Crippen LogP contribution in [0, 0.1) is 0 Å². The number of halogens is 1. The molecule has 0 aliphatic heterocycles. The Morgan fingerprint density at radius 1 is 0.870 bits per heavy atom. The molecule has 2 nitrogen and oxygen atoms in total. The van der Waals surface area contributed by atoms with E-state index in [-0.39, 0.29) is 12.4 Å². The van der Waals surface area contributed by atoms with Crippen LogP contribution < -0.4 is 0 Å². The summed E-state index contributed by atoms with van der Waals surface area (Å²) < 4.78 is 2.38. The maximum Gasteiger partial charge on any atom is 0.0486 e. The van der Waals surface area contributed by atoms with Gasteiger partial charge in [0, 0.05) is 30.2 Å². The average molecular weight is 329 g/mol. The molecule has 1 heterocycles. The Kier molecular flexibility index (Phi) is 6.26. The molecule has 1 aromatic heterocycles. The first-order valence-electron chi connectivity index (χ1n) is 8.14. The van der Waals surface area contributed by atoms with Crippen LogP contribution in [0.2, 0.25) is 0 Å². The summed E-state index contributed by atoms with van der Waals surface area (Å²) in [4.78, 5) is 2.47. The minimum absolute atomic E-state index is 0. The van der Waals surface area contributed by atoms with Gasteiger partial charge in [0.25, 0.3) is 0 Å². The largest absolute Gasteiger partial charge is 0.343 e. The molecule has 0 saturated heterocycles. The number of para-hydroxylation sites is 1. The van der Waals surface area contributed by atoms with E-state index in [1.54, 1.807) is 0 Å². The summed E-state index contributed by atoms with van der Waals surface area (Å²) in [6.45, 7) is 8.59. The zero-order valence-electron chi connectivity index (χ0n) is 13.9. The third-order valence-corrected chi connectivity index (χ3v) is 4.36. The molecule has 0 bridgehead atoms. The highest BCUT2D eigenvalue weighted by atomic mass is 35.5. The van der Waals surface area contributed by atoms with E-state index in [1.165, 1.54) is 22.0 Å². The Morgan fingerprint density at radius 2 is 1.52 bits per heavy atom. The molecule has 3 rings (SSSR count). The lowest BCUT2D eigenvalue weighted by atomic mass is 10.1. The minimum Gasteiger partial charge on any atom is -0.343 e. The fraction of sp³-hybridized carbons (Fsp3) is 0.300. The maximum absolute atomic E-state index is 2.47. The van der Waals surface area contributed by atoms with E-state index in [2.05, 4.69) is 84.1 Å². The Morgan fingerprint density at radius 3 is 2.22 bits per heavy atom. The molecular formula is C20H25ClN2. The van der Waals surface area contributed by atoms with E-state index >= 15 is 0 Å². The maximum atomic E-state index is 2.47. The Labute approximate surface area is 145 Å². The van der Waals surface area contributed by atoms with E-state index in [4.69, 9.17) is 0 Å². The van der Waals surface area contributed by atoms with Crippen molar-refractivity contribution in [2.75, 3.05) is 13.1 Å². The molecule has 0 fully saturated rings. The van der Waals surface area contributed by atoms with Crippen molar-refractivity contribution in [3.63, 3.8) is 0 Å². The molecule has 3 aromatic rings. The third-order valence-electron chi connectivity index (χ3n) is 4.36. The van der Waals surface area contributed by atoms with Crippen LogP contribution in [0.25, 0.3) is 10.9 Å². The monoisotopic (exact) mass is 328 g/mol. The van der Waals surface area contributed by atoms with Crippen LogP contribution in [0.4, 0.5) is 0 Å². The normalized spacial score (nSPS) is 10.9. The van der Waals surface area contributed by atoms with Crippen LogP contribution in [0.3, 0.4) is 0 Å². The lowest BCUT2D eigenvalue weighted by Crippen LogP contribution is -2.21. The van der Waals surface area contributed by atoms with Gasteiger partial charge in [-0.05, 0) is 30.3 Å². The third kappa shape index (κ3) is 3.95. The van der Waals surface area contributed by atoms with Gasteiger partial charge in [-0.3, -0.25) is 4.90 Å². The van der Waals surface area contributed by atoms with Crippen LogP contribution in [0.15, 0.2) is 60.8 Å². The van der Waals surface area contributed by atoms with Crippen molar-refractivity contribution in [1.29, 1.82) is 0 Å². The summed E-state index contributed by atoms with van der Waals surface area (Å²) in [6.07, 6.45) is 2.33. The molecular weight excluding hydrogens is 304 g/mol. The predicted octanol–water partition coefficient (Wildman–Crippen LogP) is 4.95. The van der Waals surface area contributed by atoms with Crippen molar-refractivity contribution < 1.29 is 0 Å². The highest BCUT2D eigenvalue weighted by molar-refractivity contribution is 5.85. The Hall–Kier alpha value is -1.77. The van der Waals surface area contributed by atoms with Gasteiger partial charge in [0.05, 0.1) is 0 Å². The molecule has 2 aromatic carbocycles. The Bertz CT molecular complexity index is 730. The molecule has 122 valence electrons. The molecule has 0 spiro atoms. The molecule has 0 amide bonds. The zero-order chi connectivity index (χ0) is 15.4. The van der Waals surface area contributed by atoms with Gasteiger partial charge in [-0.25, -0.2) is 0 Å². The molecule has 0 unspecified atom stereocenters. The first-order valence-corrected chi connectivity index (χ1v) is 8.14. The fourth-order valence-corrected chi connectivity index (χ4v) is 3.05. The number of nitrogens with zero attached hydrogens (tertiary/aromatic N) is 2. The van der Waals surface area contributed by atoms with Crippen molar-refractivity contribution in [3.8, 4) is 0 Å². The molecule has 0 aliphatic rings. The summed E-state index contributed by atoms with van der Waals surface area (Å²) >= 11 is 0. The average Bonchev–Trinajstić information content (AvgIpc) is 2.91. The lowest BCUT2D eigenvalue weighted by Gasteiger charge is -2.17. The van der Waals surface area contributed by atoms with Crippen molar-refractivity contribution in [2.24, 2.45) is 0 Å².